The number of fused-ring (bicyclic) bond motifs is 1. The van der Waals surface area contributed by atoms with Crippen LogP contribution in [0.1, 0.15) is 18.4 Å². The van der Waals surface area contributed by atoms with Gasteiger partial charge in [0.1, 0.15) is 0 Å². The number of hydrogen-bond donors (Lipinski definition) is 2. The molecule has 0 aliphatic carbocycles. The number of carbonyl (C=O) groups excluding carboxylic acids is 1. The molecule has 4 rings (SSSR count). The molecule has 3 heterocycles. The Balaban J connectivity index is 0.00000196. The molecule has 1 aliphatic heterocycles. The second kappa shape index (κ2) is 7.47. The van der Waals surface area contributed by atoms with E-state index < -0.39 is 0 Å². The molecule has 2 atom stereocenters. The first-order valence-electron chi connectivity index (χ1n) is 8.61. The first-order valence-corrected chi connectivity index (χ1v) is 8.61. The topological polar surface area (TPSA) is 76.8 Å². The van der Waals surface area contributed by atoms with Crippen molar-refractivity contribution in [3.63, 3.8) is 0 Å². The lowest BCUT2D eigenvalue weighted by molar-refractivity contribution is -0.119. The first kappa shape index (κ1) is 18.4. The van der Waals surface area contributed by atoms with Crippen LogP contribution in [0, 0.1) is 5.92 Å². The van der Waals surface area contributed by atoms with Crippen LogP contribution in [0.3, 0.4) is 0 Å². The molecule has 1 saturated heterocycles. The highest BCUT2D eigenvalue weighted by Crippen LogP contribution is 2.29. The quantitative estimate of drug-likeness (QED) is 0.733. The number of anilines is 1. The predicted octanol–water partition coefficient (Wildman–Crippen LogP) is 2.15. The number of amides is 1. The van der Waals surface area contributed by atoms with Gasteiger partial charge in [0.2, 0.25) is 5.91 Å². The summed E-state index contributed by atoms with van der Waals surface area (Å²) in [7, 11) is 1.90. The Kier molecular flexibility index (Phi) is 5.29. The first-order chi connectivity index (χ1) is 12.2. The van der Waals surface area contributed by atoms with Crippen molar-refractivity contribution < 1.29 is 4.79 Å². The summed E-state index contributed by atoms with van der Waals surface area (Å²) in [6.07, 6.45) is 5.69. The monoisotopic (exact) mass is 374 g/mol. The molecule has 26 heavy (non-hydrogen) atoms. The molecule has 138 valence electrons. The van der Waals surface area contributed by atoms with Gasteiger partial charge < -0.3 is 10.6 Å². The number of aryl methyl sites for hydroxylation is 2. The van der Waals surface area contributed by atoms with Crippen LogP contribution in [-0.4, -0.2) is 38.6 Å². The Hall–Kier alpha value is -2.38. The number of aromatic nitrogens is 4. The van der Waals surface area contributed by atoms with Gasteiger partial charge in [-0.1, -0.05) is 0 Å². The van der Waals surface area contributed by atoms with E-state index in [1.807, 2.05) is 48.5 Å². The molecule has 0 bridgehead atoms. The average molecular weight is 375 g/mol. The van der Waals surface area contributed by atoms with Gasteiger partial charge in [-0.3, -0.25) is 14.2 Å². The van der Waals surface area contributed by atoms with Gasteiger partial charge in [0.05, 0.1) is 23.8 Å². The van der Waals surface area contributed by atoms with Crippen LogP contribution in [-0.2, 0) is 18.4 Å². The van der Waals surface area contributed by atoms with E-state index in [2.05, 4.69) is 27.8 Å². The Morgan fingerprint density at radius 2 is 2.15 bits per heavy atom. The Morgan fingerprint density at radius 3 is 2.88 bits per heavy atom. The van der Waals surface area contributed by atoms with Crippen molar-refractivity contribution >= 4 is 34.9 Å². The van der Waals surface area contributed by atoms with E-state index in [4.69, 9.17) is 0 Å². The molecular formula is C18H23ClN6O. The molecule has 3 aromatic rings. The standard InChI is InChI=1S/C18H22N6O.ClH/c1-3-24-17-6-14(5-4-12(17)7-21-24)22-18(25)16-10-19-9-15(16)13-8-20-23(2)11-13;/h4-8,11,15-16,19H,3,9-10H2,1-2H3,(H,22,25);1H/t15-,16+;/m1./s1. The molecule has 1 fully saturated rings. The maximum atomic E-state index is 12.8. The third-order valence-electron chi connectivity index (χ3n) is 4.92. The fourth-order valence-electron chi connectivity index (χ4n) is 3.57. The molecule has 0 spiro atoms. The number of rotatable bonds is 4. The van der Waals surface area contributed by atoms with Crippen molar-refractivity contribution in [1.82, 2.24) is 24.9 Å². The van der Waals surface area contributed by atoms with Crippen LogP contribution < -0.4 is 10.6 Å². The third-order valence-corrected chi connectivity index (χ3v) is 4.92. The normalized spacial score (nSPS) is 19.5. The molecule has 7 nitrogen and oxygen atoms in total. The van der Waals surface area contributed by atoms with Crippen molar-refractivity contribution in [3.8, 4) is 0 Å². The van der Waals surface area contributed by atoms with Gasteiger partial charge in [-0.15, -0.1) is 12.4 Å². The van der Waals surface area contributed by atoms with E-state index >= 15 is 0 Å². The van der Waals surface area contributed by atoms with E-state index in [1.165, 1.54) is 0 Å². The highest BCUT2D eigenvalue weighted by atomic mass is 35.5. The summed E-state index contributed by atoms with van der Waals surface area (Å²) in [5, 5.41) is 16.1. The third kappa shape index (κ3) is 3.32. The van der Waals surface area contributed by atoms with Gasteiger partial charge in [-0.05, 0) is 30.7 Å². The highest BCUT2D eigenvalue weighted by Gasteiger charge is 2.34. The lowest BCUT2D eigenvalue weighted by Crippen LogP contribution is -2.28. The number of nitrogens with one attached hydrogen (secondary N) is 2. The molecule has 1 amide bonds. The zero-order chi connectivity index (χ0) is 17.4. The van der Waals surface area contributed by atoms with E-state index in [9.17, 15) is 4.79 Å². The van der Waals surface area contributed by atoms with Crippen molar-refractivity contribution in [3.05, 3.63) is 42.4 Å². The second-order valence-corrected chi connectivity index (χ2v) is 6.54. The van der Waals surface area contributed by atoms with Gasteiger partial charge >= 0.3 is 0 Å². The Bertz CT molecular complexity index is 917. The van der Waals surface area contributed by atoms with Crippen LogP contribution in [0.2, 0.25) is 0 Å². The molecule has 0 saturated carbocycles. The zero-order valence-corrected chi connectivity index (χ0v) is 15.7. The van der Waals surface area contributed by atoms with Crippen LogP contribution in [0.15, 0.2) is 36.8 Å². The fraction of sp³-hybridized carbons (Fsp3) is 0.389. The van der Waals surface area contributed by atoms with Gasteiger partial charge in [0, 0.05) is 49.9 Å². The molecule has 1 aromatic carbocycles. The summed E-state index contributed by atoms with van der Waals surface area (Å²) < 4.78 is 3.71. The lowest BCUT2D eigenvalue weighted by Gasteiger charge is -2.17. The van der Waals surface area contributed by atoms with Crippen LogP contribution in [0.5, 0.6) is 0 Å². The summed E-state index contributed by atoms with van der Waals surface area (Å²) in [6.45, 7) is 4.34. The van der Waals surface area contributed by atoms with Crippen molar-refractivity contribution in [2.45, 2.75) is 19.4 Å². The minimum atomic E-state index is -0.101. The summed E-state index contributed by atoms with van der Waals surface area (Å²) in [5.41, 5.74) is 2.95. The largest absolute Gasteiger partial charge is 0.326 e. The highest BCUT2D eigenvalue weighted by molar-refractivity contribution is 5.95. The second-order valence-electron chi connectivity index (χ2n) is 6.54. The fourth-order valence-corrected chi connectivity index (χ4v) is 3.57. The number of halogens is 1. The van der Waals surface area contributed by atoms with Gasteiger partial charge in [0.25, 0.3) is 0 Å². The molecular weight excluding hydrogens is 352 g/mol. The smallest absolute Gasteiger partial charge is 0.229 e. The SMILES string of the molecule is CCn1ncc2ccc(NC(=O)[C@H]3CNC[C@@H]3c3cnn(C)c3)cc21.Cl. The Labute approximate surface area is 158 Å². The Morgan fingerprint density at radius 1 is 1.31 bits per heavy atom. The van der Waals surface area contributed by atoms with E-state index in [0.29, 0.717) is 6.54 Å². The number of carbonyl (C=O) groups is 1. The van der Waals surface area contributed by atoms with Crippen molar-refractivity contribution in [2.24, 2.45) is 13.0 Å². The summed E-state index contributed by atoms with van der Waals surface area (Å²) in [5.74, 6) is 0.0929. The molecule has 1 aliphatic rings. The van der Waals surface area contributed by atoms with Crippen LogP contribution >= 0.6 is 12.4 Å². The van der Waals surface area contributed by atoms with Crippen LogP contribution in [0.4, 0.5) is 5.69 Å². The van der Waals surface area contributed by atoms with Crippen LogP contribution in [0.25, 0.3) is 10.9 Å². The summed E-state index contributed by atoms with van der Waals surface area (Å²) >= 11 is 0. The number of hydrogen-bond acceptors (Lipinski definition) is 4. The maximum absolute atomic E-state index is 12.8. The lowest BCUT2D eigenvalue weighted by atomic mass is 9.90. The van der Waals surface area contributed by atoms with Crippen molar-refractivity contribution in [2.75, 3.05) is 18.4 Å². The average Bonchev–Trinajstić information content (AvgIpc) is 3.32. The summed E-state index contributed by atoms with van der Waals surface area (Å²) in [4.78, 5) is 12.8. The van der Waals surface area contributed by atoms with Gasteiger partial charge in [0.15, 0.2) is 0 Å². The van der Waals surface area contributed by atoms with Gasteiger partial charge in [-0.25, -0.2) is 0 Å². The zero-order valence-electron chi connectivity index (χ0n) is 14.8. The minimum absolute atomic E-state index is 0. The number of benzene rings is 1. The van der Waals surface area contributed by atoms with E-state index in [1.54, 1.807) is 4.68 Å². The molecule has 2 N–H and O–H groups in total. The molecule has 8 heteroatoms. The van der Waals surface area contributed by atoms with E-state index in [-0.39, 0.29) is 30.2 Å². The minimum Gasteiger partial charge on any atom is -0.326 e. The summed E-state index contributed by atoms with van der Waals surface area (Å²) in [6, 6.07) is 5.92. The molecule has 0 unspecified atom stereocenters. The number of nitrogens with zero attached hydrogens (tertiary/aromatic N) is 4. The predicted molar refractivity (Wildman–Crippen MR) is 104 cm³/mol. The maximum Gasteiger partial charge on any atom is 0.229 e. The van der Waals surface area contributed by atoms with Gasteiger partial charge in [-0.2, -0.15) is 10.2 Å². The molecule has 0 radical (unpaired) electrons. The molecule has 2 aromatic heterocycles. The van der Waals surface area contributed by atoms with E-state index in [0.717, 1.165) is 35.2 Å². The van der Waals surface area contributed by atoms with Crippen molar-refractivity contribution in [1.29, 1.82) is 0 Å².